The number of nitrogens with zero attached hydrogens (tertiary/aromatic N) is 2. The molecule has 25 heavy (non-hydrogen) atoms. The van der Waals surface area contributed by atoms with Crippen LogP contribution in [-0.2, 0) is 0 Å². The molecule has 3 aromatic rings. The molecular weight excluding hydrogens is 312 g/mol. The maximum absolute atomic E-state index is 12.3. The van der Waals surface area contributed by atoms with Gasteiger partial charge in [-0.05, 0) is 43.6 Å². The van der Waals surface area contributed by atoms with Crippen molar-refractivity contribution in [3.05, 3.63) is 70.5 Å². The third kappa shape index (κ3) is 3.56. The Morgan fingerprint density at radius 1 is 1.04 bits per heavy atom. The average molecular weight is 334 g/mol. The van der Waals surface area contributed by atoms with Crippen LogP contribution < -0.4 is 10.9 Å². The van der Waals surface area contributed by atoms with Gasteiger partial charge in [0, 0.05) is 6.54 Å². The van der Waals surface area contributed by atoms with Gasteiger partial charge in [-0.3, -0.25) is 9.78 Å². The number of hydrogen-bond donors (Lipinski definition) is 2. The first-order valence-corrected chi connectivity index (χ1v) is 8.82. The Hall–Kier alpha value is -2.66. The number of rotatable bonds is 5. The number of hydrogen-bond acceptors (Lipinski definition) is 4. The first-order chi connectivity index (χ1) is 12.3. The fourth-order valence-electron chi connectivity index (χ4n) is 3.46. The van der Waals surface area contributed by atoms with Gasteiger partial charge in [-0.15, -0.1) is 0 Å². The van der Waals surface area contributed by atoms with Gasteiger partial charge in [-0.2, -0.15) is 0 Å². The van der Waals surface area contributed by atoms with Crippen LogP contribution in [0.2, 0.25) is 0 Å². The molecule has 0 aliphatic carbocycles. The minimum atomic E-state index is -0.110. The summed E-state index contributed by atoms with van der Waals surface area (Å²) in [5.74, 6) is 0.525. The number of benzene rings is 2. The van der Waals surface area contributed by atoms with E-state index in [0.717, 1.165) is 19.6 Å². The van der Waals surface area contributed by atoms with E-state index in [1.165, 1.54) is 18.4 Å². The lowest BCUT2D eigenvalue weighted by Crippen LogP contribution is -2.30. The molecule has 0 bridgehead atoms. The third-order valence-corrected chi connectivity index (χ3v) is 4.77. The Balaban J connectivity index is 1.64. The standard InChI is InChI=1S/C20H22N4O/c25-19-16-10-4-5-11-17(16)21-20(23-19)22-18(14-24-12-6-7-13-24)15-8-2-1-3-9-15/h1-5,8-11,18H,6-7,12-14H2,(H2,21,22,23,25)/t18-/m1/s1. The highest BCUT2D eigenvalue weighted by atomic mass is 16.1. The van der Waals surface area contributed by atoms with Gasteiger partial charge < -0.3 is 10.2 Å². The van der Waals surface area contributed by atoms with E-state index in [1.54, 1.807) is 6.07 Å². The van der Waals surface area contributed by atoms with Gasteiger partial charge in [0.05, 0.1) is 16.9 Å². The smallest absolute Gasteiger partial charge is 0.260 e. The van der Waals surface area contributed by atoms with E-state index >= 15 is 0 Å². The summed E-state index contributed by atoms with van der Waals surface area (Å²) < 4.78 is 0. The van der Waals surface area contributed by atoms with Crippen molar-refractivity contribution in [1.29, 1.82) is 0 Å². The zero-order valence-electron chi connectivity index (χ0n) is 14.1. The van der Waals surface area contributed by atoms with Gasteiger partial charge in [0.2, 0.25) is 5.95 Å². The molecule has 1 atom stereocenters. The molecule has 2 heterocycles. The van der Waals surface area contributed by atoms with Crippen LogP contribution in [0.15, 0.2) is 59.4 Å². The van der Waals surface area contributed by atoms with Gasteiger partial charge in [-0.1, -0.05) is 42.5 Å². The molecule has 1 aliphatic heterocycles. The highest BCUT2D eigenvalue weighted by Crippen LogP contribution is 2.21. The maximum Gasteiger partial charge on any atom is 0.260 e. The van der Waals surface area contributed by atoms with Gasteiger partial charge in [-0.25, -0.2) is 4.98 Å². The summed E-state index contributed by atoms with van der Waals surface area (Å²) in [4.78, 5) is 22.2. The molecule has 0 unspecified atom stereocenters. The summed E-state index contributed by atoms with van der Waals surface area (Å²) in [5.41, 5.74) is 1.80. The molecule has 0 saturated carbocycles. The van der Waals surface area contributed by atoms with Crippen LogP contribution in [0.1, 0.15) is 24.4 Å². The second kappa shape index (κ2) is 7.07. The largest absolute Gasteiger partial charge is 0.348 e. The van der Waals surface area contributed by atoms with Gasteiger partial charge >= 0.3 is 0 Å². The van der Waals surface area contributed by atoms with Crippen LogP contribution in [0, 0.1) is 0 Å². The third-order valence-electron chi connectivity index (χ3n) is 4.77. The maximum atomic E-state index is 12.3. The Kier molecular flexibility index (Phi) is 4.48. The van der Waals surface area contributed by atoms with E-state index in [1.807, 2.05) is 36.4 Å². The minimum Gasteiger partial charge on any atom is -0.348 e. The number of aromatic amines is 1. The highest BCUT2D eigenvalue weighted by molar-refractivity contribution is 5.78. The van der Waals surface area contributed by atoms with Crippen LogP contribution in [0.3, 0.4) is 0 Å². The predicted molar refractivity (Wildman–Crippen MR) is 101 cm³/mol. The summed E-state index contributed by atoms with van der Waals surface area (Å²) in [6, 6.07) is 17.9. The Morgan fingerprint density at radius 3 is 2.56 bits per heavy atom. The zero-order chi connectivity index (χ0) is 17.1. The van der Waals surface area contributed by atoms with Crippen molar-refractivity contribution >= 4 is 16.9 Å². The summed E-state index contributed by atoms with van der Waals surface area (Å²) in [6.45, 7) is 3.17. The molecule has 0 spiro atoms. The predicted octanol–water partition coefficient (Wildman–Crippen LogP) is 3.17. The van der Waals surface area contributed by atoms with Crippen LogP contribution in [0.5, 0.6) is 0 Å². The normalized spacial score (nSPS) is 16.2. The number of aromatic nitrogens is 2. The highest BCUT2D eigenvalue weighted by Gasteiger charge is 2.19. The van der Waals surface area contributed by atoms with Crippen molar-refractivity contribution in [3.63, 3.8) is 0 Å². The SMILES string of the molecule is O=c1[nH]c(N[C@H](CN2CCCC2)c2ccccc2)nc2ccccc12. The molecule has 1 saturated heterocycles. The Morgan fingerprint density at radius 2 is 1.76 bits per heavy atom. The quantitative estimate of drug-likeness (QED) is 0.752. The Bertz CT molecular complexity index is 900. The minimum absolute atomic E-state index is 0.0867. The Labute approximate surface area is 146 Å². The molecular formula is C20H22N4O. The molecule has 2 aromatic carbocycles. The number of fused-ring (bicyclic) bond motifs is 1. The zero-order valence-corrected chi connectivity index (χ0v) is 14.1. The monoisotopic (exact) mass is 334 g/mol. The molecule has 0 radical (unpaired) electrons. The van der Waals surface area contributed by atoms with Crippen molar-refractivity contribution in [3.8, 4) is 0 Å². The fourth-order valence-corrected chi connectivity index (χ4v) is 3.46. The van der Waals surface area contributed by atoms with Crippen molar-refractivity contribution in [2.24, 2.45) is 0 Å². The molecule has 1 fully saturated rings. The molecule has 5 heteroatoms. The molecule has 2 N–H and O–H groups in total. The van der Waals surface area contributed by atoms with E-state index in [2.05, 4.69) is 32.3 Å². The van der Waals surface area contributed by atoms with Gasteiger partial charge in [0.15, 0.2) is 0 Å². The van der Waals surface area contributed by atoms with Crippen LogP contribution in [-0.4, -0.2) is 34.5 Å². The first kappa shape index (κ1) is 15.8. The molecule has 1 aromatic heterocycles. The lowest BCUT2D eigenvalue weighted by molar-refractivity contribution is 0.323. The lowest BCUT2D eigenvalue weighted by atomic mass is 10.1. The number of nitrogens with one attached hydrogen (secondary N) is 2. The number of para-hydroxylation sites is 1. The summed E-state index contributed by atoms with van der Waals surface area (Å²) in [7, 11) is 0. The van der Waals surface area contributed by atoms with Crippen molar-refractivity contribution in [2.45, 2.75) is 18.9 Å². The first-order valence-electron chi connectivity index (χ1n) is 8.82. The van der Waals surface area contributed by atoms with Gasteiger partial charge in [0.25, 0.3) is 5.56 Å². The number of H-pyrrole nitrogens is 1. The summed E-state index contributed by atoms with van der Waals surface area (Å²) >= 11 is 0. The van der Waals surface area contributed by atoms with E-state index in [4.69, 9.17) is 0 Å². The molecule has 128 valence electrons. The van der Waals surface area contributed by atoms with Crippen molar-refractivity contribution < 1.29 is 0 Å². The second-order valence-corrected chi connectivity index (χ2v) is 6.55. The van der Waals surface area contributed by atoms with Crippen LogP contribution in [0.25, 0.3) is 10.9 Å². The van der Waals surface area contributed by atoms with E-state index in [0.29, 0.717) is 16.9 Å². The number of likely N-dealkylation sites (tertiary alicyclic amines) is 1. The van der Waals surface area contributed by atoms with E-state index in [-0.39, 0.29) is 11.6 Å². The molecule has 0 amide bonds. The van der Waals surface area contributed by atoms with E-state index in [9.17, 15) is 4.79 Å². The molecule has 1 aliphatic rings. The lowest BCUT2D eigenvalue weighted by Gasteiger charge is -2.25. The summed E-state index contributed by atoms with van der Waals surface area (Å²) in [6.07, 6.45) is 2.51. The van der Waals surface area contributed by atoms with Crippen molar-refractivity contribution in [1.82, 2.24) is 14.9 Å². The number of anilines is 1. The van der Waals surface area contributed by atoms with Crippen molar-refractivity contribution in [2.75, 3.05) is 25.0 Å². The fraction of sp³-hybridized carbons (Fsp3) is 0.300. The topological polar surface area (TPSA) is 61.0 Å². The van der Waals surface area contributed by atoms with Crippen LogP contribution in [0.4, 0.5) is 5.95 Å². The van der Waals surface area contributed by atoms with Gasteiger partial charge in [0.1, 0.15) is 0 Å². The second-order valence-electron chi connectivity index (χ2n) is 6.55. The molecule has 5 nitrogen and oxygen atoms in total. The average Bonchev–Trinajstić information content (AvgIpc) is 3.15. The van der Waals surface area contributed by atoms with E-state index < -0.39 is 0 Å². The summed E-state index contributed by atoms with van der Waals surface area (Å²) in [5, 5.41) is 4.06. The molecule has 4 rings (SSSR count). The van der Waals surface area contributed by atoms with Crippen LogP contribution >= 0.6 is 0 Å².